The fourth-order valence-corrected chi connectivity index (χ4v) is 2.11. The first-order chi connectivity index (χ1) is 5.76. The summed E-state index contributed by atoms with van der Waals surface area (Å²) < 4.78 is 5.41. The predicted molar refractivity (Wildman–Crippen MR) is 48.3 cm³/mol. The summed E-state index contributed by atoms with van der Waals surface area (Å²) >= 11 is 1.58. The van der Waals surface area contributed by atoms with Gasteiger partial charge in [-0.15, -0.1) is 0 Å². The molecular formula is C8H13NO2S. The maximum Gasteiger partial charge on any atom is 0.232 e. The Bertz CT molecular complexity index is 195. The third-order valence-corrected chi connectivity index (χ3v) is 3.08. The highest BCUT2D eigenvalue weighted by molar-refractivity contribution is 7.99. The number of ether oxygens (including phenoxy) is 1. The number of amides is 1. The first kappa shape index (κ1) is 8.38. The molecule has 0 unspecified atom stereocenters. The number of nitrogens with zero attached hydrogens (tertiary/aromatic N) is 1. The van der Waals surface area contributed by atoms with Crippen molar-refractivity contribution < 1.29 is 9.53 Å². The van der Waals surface area contributed by atoms with Crippen LogP contribution in [0.1, 0.15) is 6.42 Å². The van der Waals surface area contributed by atoms with Gasteiger partial charge in [0.1, 0.15) is 5.60 Å². The summed E-state index contributed by atoms with van der Waals surface area (Å²) in [6.07, 6.45) is 3.09. The third kappa shape index (κ3) is 1.23. The van der Waals surface area contributed by atoms with E-state index in [9.17, 15) is 4.79 Å². The van der Waals surface area contributed by atoms with Crippen molar-refractivity contribution in [2.75, 3.05) is 31.7 Å². The van der Waals surface area contributed by atoms with Gasteiger partial charge in [0.15, 0.2) is 0 Å². The summed E-state index contributed by atoms with van der Waals surface area (Å²) in [4.78, 5) is 13.2. The van der Waals surface area contributed by atoms with E-state index in [0.29, 0.717) is 5.75 Å². The summed E-state index contributed by atoms with van der Waals surface area (Å²) in [5, 5.41) is 0. The van der Waals surface area contributed by atoms with Gasteiger partial charge in [-0.05, 0) is 6.26 Å². The van der Waals surface area contributed by atoms with Crippen molar-refractivity contribution in [3.05, 3.63) is 0 Å². The van der Waals surface area contributed by atoms with Crippen LogP contribution < -0.4 is 0 Å². The molecule has 2 rings (SSSR count). The van der Waals surface area contributed by atoms with Crippen LogP contribution in [0, 0.1) is 0 Å². The molecule has 68 valence electrons. The van der Waals surface area contributed by atoms with E-state index in [0.717, 1.165) is 26.1 Å². The lowest BCUT2D eigenvalue weighted by Crippen LogP contribution is -2.69. The van der Waals surface area contributed by atoms with Crippen molar-refractivity contribution >= 4 is 17.7 Å². The minimum absolute atomic E-state index is 0.0913. The van der Waals surface area contributed by atoms with Crippen molar-refractivity contribution in [2.24, 2.45) is 0 Å². The molecule has 12 heavy (non-hydrogen) atoms. The molecule has 2 aliphatic rings. The van der Waals surface area contributed by atoms with Crippen LogP contribution in [-0.4, -0.2) is 48.1 Å². The lowest BCUT2D eigenvalue weighted by molar-refractivity contribution is -0.220. The first-order valence-electron chi connectivity index (χ1n) is 4.16. The molecule has 2 heterocycles. The summed E-state index contributed by atoms with van der Waals surface area (Å²) in [6.45, 7) is 2.53. The highest BCUT2D eigenvalue weighted by Crippen LogP contribution is 2.35. The quantitative estimate of drug-likeness (QED) is 0.625. The largest absolute Gasteiger partial charge is 0.371 e. The standard InChI is InChI=1S/C8H13NO2S/c1-12-4-7(10)9-5-8(6-9)2-3-11-8/h2-6H2,1H3. The zero-order valence-corrected chi connectivity index (χ0v) is 8.02. The minimum Gasteiger partial charge on any atom is -0.371 e. The van der Waals surface area contributed by atoms with Crippen molar-refractivity contribution in [3.8, 4) is 0 Å². The van der Waals surface area contributed by atoms with Crippen LogP contribution in [0.5, 0.6) is 0 Å². The molecule has 1 spiro atoms. The molecule has 0 aromatic heterocycles. The van der Waals surface area contributed by atoms with Crippen molar-refractivity contribution in [1.29, 1.82) is 0 Å². The summed E-state index contributed by atoms with van der Waals surface area (Å²) in [5.41, 5.74) is 0.0913. The van der Waals surface area contributed by atoms with Crippen molar-refractivity contribution in [2.45, 2.75) is 12.0 Å². The number of hydrogen-bond donors (Lipinski definition) is 0. The van der Waals surface area contributed by atoms with Gasteiger partial charge in [-0.3, -0.25) is 4.79 Å². The number of thioether (sulfide) groups is 1. The molecule has 2 saturated heterocycles. The molecule has 1 amide bonds. The van der Waals surface area contributed by atoms with Crippen LogP contribution >= 0.6 is 11.8 Å². The van der Waals surface area contributed by atoms with Crippen molar-refractivity contribution in [1.82, 2.24) is 4.90 Å². The molecule has 0 N–H and O–H groups in total. The Balaban J connectivity index is 1.76. The van der Waals surface area contributed by atoms with Gasteiger partial charge in [0.25, 0.3) is 0 Å². The molecule has 0 atom stereocenters. The lowest BCUT2D eigenvalue weighted by atomic mass is 9.86. The van der Waals surface area contributed by atoms with Gasteiger partial charge in [0, 0.05) is 6.42 Å². The molecule has 0 bridgehead atoms. The maximum atomic E-state index is 11.3. The van der Waals surface area contributed by atoms with Gasteiger partial charge < -0.3 is 9.64 Å². The van der Waals surface area contributed by atoms with Crippen LogP contribution in [0.25, 0.3) is 0 Å². The van der Waals surface area contributed by atoms with Crippen LogP contribution in [0.15, 0.2) is 0 Å². The second kappa shape index (κ2) is 2.92. The Labute approximate surface area is 76.4 Å². The van der Waals surface area contributed by atoms with Crippen molar-refractivity contribution in [3.63, 3.8) is 0 Å². The van der Waals surface area contributed by atoms with E-state index in [-0.39, 0.29) is 11.5 Å². The Hall–Kier alpha value is -0.220. The molecule has 0 radical (unpaired) electrons. The zero-order chi connectivity index (χ0) is 8.60. The fourth-order valence-electron chi connectivity index (χ4n) is 1.68. The normalized spacial score (nSPS) is 24.9. The van der Waals surface area contributed by atoms with E-state index in [1.165, 1.54) is 0 Å². The molecule has 2 fully saturated rings. The van der Waals surface area contributed by atoms with Gasteiger partial charge in [0.05, 0.1) is 25.4 Å². The average Bonchev–Trinajstić information content (AvgIpc) is 1.81. The third-order valence-electron chi connectivity index (χ3n) is 2.54. The molecule has 0 aromatic carbocycles. The molecule has 2 aliphatic heterocycles. The summed E-state index contributed by atoms with van der Waals surface area (Å²) in [7, 11) is 0. The van der Waals surface area contributed by atoms with E-state index >= 15 is 0 Å². The van der Waals surface area contributed by atoms with Gasteiger partial charge in [0.2, 0.25) is 5.91 Å². The molecule has 4 heteroatoms. The van der Waals surface area contributed by atoms with E-state index < -0.39 is 0 Å². The first-order valence-corrected chi connectivity index (χ1v) is 5.56. The van der Waals surface area contributed by atoms with E-state index in [4.69, 9.17) is 4.74 Å². The van der Waals surface area contributed by atoms with Crippen LogP contribution in [0.3, 0.4) is 0 Å². The SMILES string of the molecule is CSCC(=O)N1CC2(CCO2)C1. The molecule has 0 saturated carbocycles. The molecule has 0 aromatic rings. The monoisotopic (exact) mass is 187 g/mol. The number of hydrogen-bond acceptors (Lipinski definition) is 3. The zero-order valence-electron chi connectivity index (χ0n) is 7.21. The number of carbonyl (C=O) groups is 1. The number of rotatable bonds is 2. The minimum atomic E-state index is 0.0913. The van der Waals surface area contributed by atoms with Crippen LogP contribution in [0.4, 0.5) is 0 Å². The maximum absolute atomic E-state index is 11.3. The number of likely N-dealkylation sites (tertiary alicyclic amines) is 1. The summed E-state index contributed by atoms with van der Waals surface area (Å²) in [5.74, 6) is 0.861. The van der Waals surface area contributed by atoms with Gasteiger partial charge in [-0.2, -0.15) is 11.8 Å². The summed E-state index contributed by atoms with van der Waals surface area (Å²) in [6, 6.07) is 0. The topological polar surface area (TPSA) is 29.5 Å². The predicted octanol–water partition coefficient (Wildman–Crippen LogP) is 0.351. The van der Waals surface area contributed by atoms with Crippen LogP contribution in [0.2, 0.25) is 0 Å². The van der Waals surface area contributed by atoms with E-state index in [1.807, 2.05) is 11.2 Å². The Morgan fingerprint density at radius 1 is 1.67 bits per heavy atom. The average molecular weight is 187 g/mol. The van der Waals surface area contributed by atoms with Crippen LogP contribution in [-0.2, 0) is 9.53 Å². The van der Waals surface area contributed by atoms with E-state index in [2.05, 4.69) is 0 Å². The highest BCUT2D eigenvalue weighted by atomic mass is 32.2. The number of carbonyl (C=O) groups excluding carboxylic acids is 1. The smallest absolute Gasteiger partial charge is 0.232 e. The lowest BCUT2D eigenvalue weighted by Gasteiger charge is -2.55. The second-order valence-electron chi connectivity index (χ2n) is 3.46. The highest BCUT2D eigenvalue weighted by Gasteiger charge is 2.50. The Morgan fingerprint density at radius 3 is 2.75 bits per heavy atom. The van der Waals surface area contributed by atoms with E-state index in [1.54, 1.807) is 11.8 Å². The fraction of sp³-hybridized carbons (Fsp3) is 0.875. The molecular weight excluding hydrogens is 174 g/mol. The van der Waals surface area contributed by atoms with Gasteiger partial charge in [-0.25, -0.2) is 0 Å². The molecule has 3 nitrogen and oxygen atoms in total. The second-order valence-corrected chi connectivity index (χ2v) is 4.33. The van der Waals surface area contributed by atoms with Gasteiger partial charge in [-0.1, -0.05) is 0 Å². The Morgan fingerprint density at radius 2 is 2.33 bits per heavy atom. The Kier molecular flexibility index (Phi) is 2.04. The molecule has 0 aliphatic carbocycles. The van der Waals surface area contributed by atoms with Gasteiger partial charge >= 0.3 is 0 Å².